The van der Waals surface area contributed by atoms with E-state index in [9.17, 15) is 9.59 Å². The lowest BCUT2D eigenvalue weighted by atomic mass is 10.0. The third-order valence-electron chi connectivity index (χ3n) is 4.79. The number of nitrogens with one attached hydrogen (secondary N) is 1. The van der Waals surface area contributed by atoms with Crippen molar-refractivity contribution >= 4 is 11.9 Å². The molecule has 0 bridgehead atoms. The molecule has 1 atom stereocenters. The van der Waals surface area contributed by atoms with Gasteiger partial charge in [-0.15, -0.1) is 0 Å². The fourth-order valence-electron chi connectivity index (χ4n) is 2.84. The smallest absolute Gasteiger partial charge is 0.308 e. The van der Waals surface area contributed by atoms with Crippen molar-refractivity contribution in [2.45, 2.75) is 47.5 Å². The standard InChI is InChI=1S/C14H25NO3/c1-6-7-9(12(17)18)8-15-11(16)10-13(2,3)14(10,4)5/h9-10H,6-8H2,1-5H3,(H,15,16)(H,17,18). The van der Waals surface area contributed by atoms with Crippen molar-refractivity contribution < 1.29 is 14.7 Å². The predicted molar refractivity (Wildman–Crippen MR) is 70.1 cm³/mol. The highest BCUT2D eigenvalue weighted by Gasteiger charge is 2.68. The zero-order valence-corrected chi connectivity index (χ0v) is 12.0. The first-order chi connectivity index (χ1) is 8.16. The van der Waals surface area contributed by atoms with Crippen molar-refractivity contribution in [2.75, 3.05) is 6.54 Å². The van der Waals surface area contributed by atoms with Gasteiger partial charge in [-0.1, -0.05) is 41.0 Å². The minimum absolute atomic E-state index is 0.000555. The number of carbonyl (C=O) groups is 2. The van der Waals surface area contributed by atoms with Crippen molar-refractivity contribution in [3.05, 3.63) is 0 Å². The van der Waals surface area contributed by atoms with Gasteiger partial charge >= 0.3 is 5.97 Å². The van der Waals surface area contributed by atoms with Crippen LogP contribution in [0.5, 0.6) is 0 Å². The monoisotopic (exact) mass is 255 g/mol. The quantitative estimate of drug-likeness (QED) is 0.765. The van der Waals surface area contributed by atoms with Crippen molar-refractivity contribution in [1.82, 2.24) is 5.32 Å². The van der Waals surface area contributed by atoms with E-state index in [4.69, 9.17) is 5.11 Å². The minimum Gasteiger partial charge on any atom is -0.481 e. The number of hydrogen-bond acceptors (Lipinski definition) is 2. The number of carbonyl (C=O) groups excluding carboxylic acids is 1. The lowest BCUT2D eigenvalue weighted by Gasteiger charge is -2.13. The number of carboxylic acid groups (broad SMARTS) is 1. The van der Waals surface area contributed by atoms with Crippen LogP contribution in [0.4, 0.5) is 0 Å². The van der Waals surface area contributed by atoms with Crippen LogP contribution in [-0.2, 0) is 9.59 Å². The first-order valence-corrected chi connectivity index (χ1v) is 6.66. The van der Waals surface area contributed by atoms with Gasteiger partial charge in [0, 0.05) is 12.5 Å². The van der Waals surface area contributed by atoms with Gasteiger partial charge in [0.05, 0.1) is 5.92 Å². The maximum Gasteiger partial charge on any atom is 0.308 e. The van der Waals surface area contributed by atoms with Crippen molar-refractivity contribution in [2.24, 2.45) is 22.7 Å². The maximum atomic E-state index is 12.1. The molecular formula is C14H25NO3. The van der Waals surface area contributed by atoms with Gasteiger partial charge < -0.3 is 10.4 Å². The molecule has 0 aliphatic heterocycles. The predicted octanol–water partition coefficient (Wildman–Crippen LogP) is 2.29. The van der Waals surface area contributed by atoms with Gasteiger partial charge in [0.2, 0.25) is 5.91 Å². The summed E-state index contributed by atoms with van der Waals surface area (Å²) in [7, 11) is 0. The Hall–Kier alpha value is -1.06. The van der Waals surface area contributed by atoms with Gasteiger partial charge in [-0.05, 0) is 17.3 Å². The van der Waals surface area contributed by atoms with Crippen LogP contribution >= 0.6 is 0 Å². The first kappa shape index (κ1) is 15.0. The SMILES string of the molecule is CCCC(CNC(=O)C1C(C)(C)C1(C)C)C(=O)O. The Balaban J connectivity index is 2.50. The van der Waals surface area contributed by atoms with E-state index in [2.05, 4.69) is 33.0 Å². The summed E-state index contributed by atoms with van der Waals surface area (Å²) in [6.45, 7) is 10.5. The van der Waals surface area contributed by atoms with Crippen LogP contribution in [0, 0.1) is 22.7 Å². The summed E-state index contributed by atoms with van der Waals surface area (Å²) in [6, 6.07) is 0. The minimum atomic E-state index is -0.827. The van der Waals surface area contributed by atoms with Crippen LogP contribution in [0.2, 0.25) is 0 Å². The molecule has 2 N–H and O–H groups in total. The zero-order valence-electron chi connectivity index (χ0n) is 12.0. The molecule has 1 unspecified atom stereocenters. The molecule has 1 saturated carbocycles. The molecule has 4 heteroatoms. The number of amides is 1. The lowest BCUT2D eigenvalue weighted by molar-refractivity contribution is -0.142. The Labute approximate surface area is 109 Å². The van der Waals surface area contributed by atoms with Crippen LogP contribution < -0.4 is 5.32 Å². The third kappa shape index (κ3) is 2.52. The molecule has 1 rings (SSSR count). The molecule has 0 saturated heterocycles. The average molecular weight is 255 g/mol. The molecule has 1 aliphatic rings. The van der Waals surface area contributed by atoms with E-state index in [-0.39, 0.29) is 29.2 Å². The van der Waals surface area contributed by atoms with Gasteiger partial charge in [0.1, 0.15) is 0 Å². The second-order valence-corrected chi connectivity index (χ2v) is 6.45. The highest BCUT2D eigenvalue weighted by atomic mass is 16.4. The van der Waals surface area contributed by atoms with Gasteiger partial charge in [0.15, 0.2) is 0 Å². The lowest BCUT2D eigenvalue weighted by Crippen LogP contribution is -2.35. The Morgan fingerprint density at radius 1 is 1.22 bits per heavy atom. The van der Waals surface area contributed by atoms with E-state index >= 15 is 0 Å². The van der Waals surface area contributed by atoms with Gasteiger partial charge in [-0.2, -0.15) is 0 Å². The third-order valence-corrected chi connectivity index (χ3v) is 4.79. The van der Waals surface area contributed by atoms with Crippen LogP contribution in [0.25, 0.3) is 0 Å². The molecular weight excluding hydrogens is 230 g/mol. The van der Waals surface area contributed by atoms with E-state index in [1.165, 1.54) is 0 Å². The molecule has 104 valence electrons. The number of rotatable bonds is 6. The van der Waals surface area contributed by atoms with Gasteiger partial charge in [-0.25, -0.2) is 0 Å². The zero-order chi connectivity index (χ0) is 14.1. The Kier molecular flexibility index (Phi) is 4.08. The topological polar surface area (TPSA) is 66.4 Å². The van der Waals surface area contributed by atoms with E-state index < -0.39 is 11.9 Å². The average Bonchev–Trinajstić information content (AvgIpc) is 2.63. The summed E-state index contributed by atoms with van der Waals surface area (Å²) in [6.07, 6.45) is 1.42. The second-order valence-electron chi connectivity index (χ2n) is 6.45. The number of hydrogen-bond donors (Lipinski definition) is 2. The molecule has 0 spiro atoms. The molecule has 0 radical (unpaired) electrons. The molecule has 18 heavy (non-hydrogen) atoms. The highest BCUT2D eigenvalue weighted by Crippen LogP contribution is 2.68. The molecule has 1 amide bonds. The molecule has 4 nitrogen and oxygen atoms in total. The Morgan fingerprint density at radius 3 is 2.06 bits per heavy atom. The molecule has 0 aromatic rings. The number of aliphatic carboxylic acids is 1. The highest BCUT2D eigenvalue weighted by molar-refractivity contribution is 5.84. The van der Waals surface area contributed by atoms with Crippen LogP contribution in [0.3, 0.4) is 0 Å². The summed E-state index contributed by atoms with van der Waals surface area (Å²) in [5.41, 5.74) is 0.00111. The van der Waals surface area contributed by atoms with Crippen molar-refractivity contribution in [1.29, 1.82) is 0 Å². The van der Waals surface area contributed by atoms with Crippen LogP contribution in [-0.4, -0.2) is 23.5 Å². The number of carboxylic acids is 1. The van der Waals surface area contributed by atoms with Gasteiger partial charge in [-0.3, -0.25) is 9.59 Å². The maximum absolute atomic E-state index is 12.1. The normalized spacial score (nSPS) is 22.3. The van der Waals surface area contributed by atoms with E-state index in [0.717, 1.165) is 6.42 Å². The summed E-state index contributed by atoms with van der Waals surface area (Å²) < 4.78 is 0. The summed E-state index contributed by atoms with van der Waals surface area (Å²) in [4.78, 5) is 23.1. The summed E-state index contributed by atoms with van der Waals surface area (Å²) >= 11 is 0. The Morgan fingerprint density at radius 2 is 1.72 bits per heavy atom. The largest absolute Gasteiger partial charge is 0.481 e. The van der Waals surface area contributed by atoms with E-state index in [1.807, 2.05) is 6.92 Å². The molecule has 1 aliphatic carbocycles. The Bertz CT molecular complexity index is 333. The van der Waals surface area contributed by atoms with E-state index in [0.29, 0.717) is 6.42 Å². The molecule has 1 fully saturated rings. The fourth-order valence-corrected chi connectivity index (χ4v) is 2.84. The molecule has 0 aromatic heterocycles. The fraction of sp³-hybridized carbons (Fsp3) is 0.857. The molecule has 0 aromatic carbocycles. The second kappa shape index (κ2) is 4.90. The van der Waals surface area contributed by atoms with E-state index in [1.54, 1.807) is 0 Å². The van der Waals surface area contributed by atoms with Crippen LogP contribution in [0.1, 0.15) is 47.5 Å². The van der Waals surface area contributed by atoms with Crippen molar-refractivity contribution in [3.8, 4) is 0 Å². The van der Waals surface area contributed by atoms with Gasteiger partial charge in [0.25, 0.3) is 0 Å². The summed E-state index contributed by atoms with van der Waals surface area (Å²) in [5.74, 6) is -1.32. The first-order valence-electron chi connectivity index (χ1n) is 6.66. The molecule has 0 heterocycles. The summed E-state index contributed by atoms with van der Waals surface area (Å²) in [5, 5.41) is 11.8. The van der Waals surface area contributed by atoms with Crippen LogP contribution in [0.15, 0.2) is 0 Å². The van der Waals surface area contributed by atoms with Crippen molar-refractivity contribution in [3.63, 3.8) is 0 Å².